The second-order valence-electron chi connectivity index (χ2n) is 2.70. The predicted molar refractivity (Wildman–Crippen MR) is 57.3 cm³/mol. The normalized spacial score (nSPS) is 11.7. The Morgan fingerprint density at radius 3 is 2.20 bits per heavy atom. The maximum atomic E-state index is 12.8. The SMILES string of the molecule is CCNS(=O)(=O)c1c(Cl)cc(F)cc1Cl. The van der Waals surface area contributed by atoms with Crippen molar-refractivity contribution in [3.8, 4) is 0 Å². The molecule has 0 saturated carbocycles. The molecule has 0 aliphatic heterocycles. The van der Waals surface area contributed by atoms with Gasteiger partial charge in [-0.25, -0.2) is 17.5 Å². The Kier molecular flexibility index (Phi) is 3.94. The number of halogens is 3. The van der Waals surface area contributed by atoms with E-state index in [1.54, 1.807) is 6.92 Å². The standard InChI is InChI=1S/C8H8Cl2FNO2S/c1-2-12-15(13,14)8-6(9)3-5(11)4-7(8)10/h3-4,12H,2H2,1H3. The van der Waals surface area contributed by atoms with Crippen molar-refractivity contribution < 1.29 is 12.8 Å². The summed E-state index contributed by atoms with van der Waals surface area (Å²) in [6.45, 7) is 1.81. The molecule has 15 heavy (non-hydrogen) atoms. The first-order valence-electron chi connectivity index (χ1n) is 4.02. The van der Waals surface area contributed by atoms with E-state index in [-0.39, 0.29) is 21.5 Å². The molecule has 0 heterocycles. The zero-order valence-electron chi connectivity index (χ0n) is 7.72. The fraction of sp³-hybridized carbons (Fsp3) is 0.250. The number of hydrogen-bond acceptors (Lipinski definition) is 2. The number of benzene rings is 1. The van der Waals surface area contributed by atoms with Gasteiger partial charge in [-0.3, -0.25) is 0 Å². The Bertz CT molecular complexity index is 453. The Morgan fingerprint density at radius 2 is 1.80 bits per heavy atom. The van der Waals surface area contributed by atoms with Crippen molar-refractivity contribution >= 4 is 33.2 Å². The van der Waals surface area contributed by atoms with E-state index in [0.29, 0.717) is 0 Å². The molecule has 84 valence electrons. The van der Waals surface area contributed by atoms with Gasteiger partial charge < -0.3 is 0 Å². The second-order valence-corrected chi connectivity index (χ2v) is 5.22. The fourth-order valence-electron chi connectivity index (χ4n) is 1.05. The molecule has 0 aliphatic carbocycles. The van der Waals surface area contributed by atoms with Crippen LogP contribution in [0.25, 0.3) is 0 Å². The molecule has 0 amide bonds. The van der Waals surface area contributed by atoms with Gasteiger partial charge in [-0.2, -0.15) is 0 Å². The van der Waals surface area contributed by atoms with Gasteiger partial charge in [-0.1, -0.05) is 30.1 Å². The summed E-state index contributed by atoms with van der Waals surface area (Å²) in [4.78, 5) is -0.297. The van der Waals surface area contributed by atoms with E-state index in [4.69, 9.17) is 23.2 Å². The summed E-state index contributed by atoms with van der Waals surface area (Å²) >= 11 is 11.2. The van der Waals surface area contributed by atoms with Crippen molar-refractivity contribution in [3.05, 3.63) is 28.0 Å². The lowest BCUT2D eigenvalue weighted by Crippen LogP contribution is -2.23. The maximum absolute atomic E-state index is 12.8. The van der Waals surface area contributed by atoms with Crippen LogP contribution in [0.3, 0.4) is 0 Å². The third kappa shape index (κ3) is 2.81. The van der Waals surface area contributed by atoms with Gasteiger partial charge in [0.05, 0.1) is 10.0 Å². The summed E-state index contributed by atoms with van der Waals surface area (Å²) in [6.07, 6.45) is 0. The fourth-order valence-corrected chi connectivity index (χ4v) is 3.27. The molecule has 0 atom stereocenters. The lowest BCUT2D eigenvalue weighted by atomic mass is 10.3. The quantitative estimate of drug-likeness (QED) is 0.918. The maximum Gasteiger partial charge on any atom is 0.243 e. The molecule has 0 fully saturated rings. The summed E-state index contributed by atoms with van der Waals surface area (Å²) in [5, 5.41) is -0.470. The molecule has 3 nitrogen and oxygen atoms in total. The van der Waals surface area contributed by atoms with Crippen molar-refractivity contribution in [2.24, 2.45) is 0 Å². The van der Waals surface area contributed by atoms with Crippen LogP contribution in [0, 0.1) is 5.82 Å². The van der Waals surface area contributed by atoms with E-state index in [9.17, 15) is 12.8 Å². The molecule has 0 aliphatic rings. The Balaban J connectivity index is 3.38. The molecule has 1 aromatic carbocycles. The third-order valence-corrected chi connectivity index (χ3v) is 4.03. The number of nitrogens with one attached hydrogen (secondary N) is 1. The van der Waals surface area contributed by atoms with Crippen LogP contribution in [-0.4, -0.2) is 15.0 Å². The number of hydrogen-bond donors (Lipinski definition) is 1. The Hall–Kier alpha value is -0.360. The number of rotatable bonds is 3. The van der Waals surface area contributed by atoms with Crippen molar-refractivity contribution in [3.63, 3.8) is 0 Å². The summed E-state index contributed by atoms with van der Waals surface area (Å²) in [5.41, 5.74) is 0. The number of sulfonamides is 1. The van der Waals surface area contributed by atoms with E-state index in [2.05, 4.69) is 4.72 Å². The highest BCUT2D eigenvalue weighted by atomic mass is 35.5. The van der Waals surface area contributed by atoms with Gasteiger partial charge >= 0.3 is 0 Å². The molecule has 0 bridgehead atoms. The zero-order valence-corrected chi connectivity index (χ0v) is 10.0. The zero-order chi connectivity index (χ0) is 11.6. The monoisotopic (exact) mass is 271 g/mol. The lowest BCUT2D eigenvalue weighted by molar-refractivity contribution is 0.583. The summed E-state index contributed by atoms with van der Waals surface area (Å²) in [5.74, 6) is -0.680. The first kappa shape index (κ1) is 12.7. The first-order chi connectivity index (χ1) is 6.88. The molecule has 1 N–H and O–H groups in total. The first-order valence-corrected chi connectivity index (χ1v) is 6.26. The molecular formula is C8H8Cl2FNO2S. The van der Waals surface area contributed by atoms with Gasteiger partial charge in [-0.05, 0) is 12.1 Å². The molecule has 0 spiro atoms. The van der Waals surface area contributed by atoms with Crippen LogP contribution in [-0.2, 0) is 10.0 Å². The van der Waals surface area contributed by atoms with Crippen LogP contribution in [0.1, 0.15) is 6.92 Å². The van der Waals surface area contributed by atoms with Crippen LogP contribution in [0.15, 0.2) is 17.0 Å². The highest BCUT2D eigenvalue weighted by Crippen LogP contribution is 2.30. The average molecular weight is 272 g/mol. The van der Waals surface area contributed by atoms with Crippen molar-refractivity contribution in [2.45, 2.75) is 11.8 Å². The highest BCUT2D eigenvalue weighted by Gasteiger charge is 2.21. The van der Waals surface area contributed by atoms with Gasteiger partial charge in [0.1, 0.15) is 10.7 Å². The predicted octanol–water partition coefficient (Wildman–Crippen LogP) is 2.43. The highest BCUT2D eigenvalue weighted by molar-refractivity contribution is 7.89. The van der Waals surface area contributed by atoms with E-state index in [1.165, 1.54) is 0 Å². The topological polar surface area (TPSA) is 46.2 Å². The van der Waals surface area contributed by atoms with Crippen molar-refractivity contribution in [1.29, 1.82) is 0 Å². The summed E-state index contributed by atoms with van der Waals surface area (Å²) < 4.78 is 38.2. The lowest BCUT2D eigenvalue weighted by Gasteiger charge is -2.08. The van der Waals surface area contributed by atoms with E-state index in [1.807, 2.05) is 0 Å². The van der Waals surface area contributed by atoms with Gasteiger partial charge in [0.25, 0.3) is 0 Å². The third-order valence-electron chi connectivity index (χ3n) is 1.57. The Labute approximate surface area is 97.2 Å². The molecule has 0 saturated heterocycles. The summed E-state index contributed by atoms with van der Waals surface area (Å²) in [6, 6.07) is 1.80. The molecular weight excluding hydrogens is 264 g/mol. The average Bonchev–Trinajstić information content (AvgIpc) is 1.99. The van der Waals surface area contributed by atoms with E-state index in [0.717, 1.165) is 12.1 Å². The molecule has 0 unspecified atom stereocenters. The van der Waals surface area contributed by atoms with E-state index >= 15 is 0 Å². The van der Waals surface area contributed by atoms with Crippen LogP contribution in [0.2, 0.25) is 10.0 Å². The molecule has 1 aromatic rings. The molecule has 7 heteroatoms. The smallest absolute Gasteiger partial charge is 0.211 e. The minimum Gasteiger partial charge on any atom is -0.211 e. The summed E-state index contributed by atoms with van der Waals surface area (Å²) in [7, 11) is -3.77. The largest absolute Gasteiger partial charge is 0.243 e. The van der Waals surface area contributed by atoms with Crippen molar-refractivity contribution in [1.82, 2.24) is 4.72 Å². The van der Waals surface area contributed by atoms with E-state index < -0.39 is 15.8 Å². The molecule has 0 radical (unpaired) electrons. The minimum absolute atomic E-state index is 0.201. The van der Waals surface area contributed by atoms with Gasteiger partial charge in [0.15, 0.2) is 0 Å². The second kappa shape index (κ2) is 4.65. The van der Waals surface area contributed by atoms with Gasteiger partial charge in [-0.15, -0.1) is 0 Å². The van der Waals surface area contributed by atoms with Crippen LogP contribution in [0.4, 0.5) is 4.39 Å². The van der Waals surface area contributed by atoms with Crippen LogP contribution < -0.4 is 4.72 Å². The minimum atomic E-state index is -3.77. The van der Waals surface area contributed by atoms with Crippen LogP contribution in [0.5, 0.6) is 0 Å². The van der Waals surface area contributed by atoms with Gasteiger partial charge in [0, 0.05) is 6.54 Å². The Morgan fingerprint density at radius 1 is 1.33 bits per heavy atom. The molecule has 0 aromatic heterocycles. The molecule has 1 rings (SSSR count). The van der Waals surface area contributed by atoms with Crippen LogP contribution >= 0.6 is 23.2 Å². The van der Waals surface area contributed by atoms with Crippen molar-refractivity contribution in [2.75, 3.05) is 6.54 Å². The van der Waals surface area contributed by atoms with Gasteiger partial charge in [0.2, 0.25) is 10.0 Å².